The van der Waals surface area contributed by atoms with E-state index in [1.54, 1.807) is 23.7 Å². The van der Waals surface area contributed by atoms with Crippen LogP contribution in [0.1, 0.15) is 17.1 Å². The van der Waals surface area contributed by atoms with Crippen molar-refractivity contribution in [3.63, 3.8) is 0 Å². The van der Waals surface area contributed by atoms with Crippen molar-refractivity contribution in [2.75, 3.05) is 5.73 Å². The van der Waals surface area contributed by atoms with E-state index in [4.69, 9.17) is 10.3 Å². The highest BCUT2D eigenvalue weighted by Gasteiger charge is 2.15. The number of rotatable bonds is 5. The van der Waals surface area contributed by atoms with Crippen LogP contribution in [0.2, 0.25) is 0 Å². The minimum Gasteiger partial charge on any atom is -0.380 e. The summed E-state index contributed by atoms with van der Waals surface area (Å²) in [6, 6.07) is 8.09. The van der Waals surface area contributed by atoms with E-state index in [2.05, 4.69) is 27.7 Å². The maximum Gasteiger partial charge on any atom is 0.175 e. The Morgan fingerprint density at radius 2 is 2.15 bits per heavy atom. The van der Waals surface area contributed by atoms with Crippen molar-refractivity contribution in [3.05, 3.63) is 52.7 Å². The molecule has 3 heterocycles. The monoisotopic (exact) mass is 285 g/mol. The summed E-state index contributed by atoms with van der Waals surface area (Å²) in [6.07, 6.45) is 6.41. The number of anilines is 1. The van der Waals surface area contributed by atoms with Gasteiger partial charge >= 0.3 is 0 Å². The van der Waals surface area contributed by atoms with Gasteiger partial charge in [0.1, 0.15) is 5.76 Å². The molecular weight excluding hydrogens is 270 g/mol. The lowest BCUT2D eigenvalue weighted by Gasteiger charge is -2.01. The number of nitrogen functional groups attached to an aromatic ring is 1. The van der Waals surface area contributed by atoms with Crippen LogP contribution in [-0.2, 0) is 12.8 Å². The minimum atomic E-state index is 0.434. The molecule has 4 nitrogen and oxygen atoms in total. The molecule has 0 radical (unpaired) electrons. The van der Waals surface area contributed by atoms with Crippen LogP contribution in [0.3, 0.4) is 0 Å². The second kappa shape index (κ2) is 5.88. The van der Waals surface area contributed by atoms with Crippen LogP contribution in [0.4, 0.5) is 5.82 Å². The molecule has 0 aliphatic heterocycles. The number of hydrogen-bond donors (Lipinski definition) is 1. The van der Waals surface area contributed by atoms with Gasteiger partial charge in [0.05, 0.1) is 5.56 Å². The van der Waals surface area contributed by atoms with Crippen molar-refractivity contribution in [1.82, 2.24) is 10.1 Å². The van der Waals surface area contributed by atoms with E-state index in [1.165, 1.54) is 4.88 Å². The Kier molecular flexibility index (Phi) is 3.78. The van der Waals surface area contributed by atoms with E-state index in [9.17, 15) is 0 Å². The molecule has 0 aromatic carbocycles. The summed E-state index contributed by atoms with van der Waals surface area (Å²) < 4.78 is 5.37. The Morgan fingerprint density at radius 1 is 1.20 bits per heavy atom. The molecule has 0 aliphatic carbocycles. The first-order valence-electron chi connectivity index (χ1n) is 6.51. The van der Waals surface area contributed by atoms with Gasteiger partial charge in [-0.3, -0.25) is 4.98 Å². The van der Waals surface area contributed by atoms with E-state index in [1.807, 2.05) is 12.1 Å². The van der Waals surface area contributed by atoms with Gasteiger partial charge in [0.15, 0.2) is 5.82 Å². The molecule has 0 saturated carbocycles. The zero-order valence-electron chi connectivity index (χ0n) is 11.0. The largest absolute Gasteiger partial charge is 0.380 e. The molecule has 102 valence electrons. The van der Waals surface area contributed by atoms with E-state index >= 15 is 0 Å². The predicted octanol–water partition coefficient (Wildman–Crippen LogP) is 3.56. The number of thiophene rings is 1. The topological polar surface area (TPSA) is 64.9 Å². The molecule has 0 unspecified atom stereocenters. The number of nitrogens with two attached hydrogens (primary N) is 1. The van der Waals surface area contributed by atoms with Crippen LogP contribution in [0.5, 0.6) is 0 Å². The summed E-state index contributed by atoms with van der Waals surface area (Å²) >= 11 is 1.78. The molecule has 0 amide bonds. The minimum absolute atomic E-state index is 0.434. The average molecular weight is 285 g/mol. The first kappa shape index (κ1) is 12.9. The van der Waals surface area contributed by atoms with Gasteiger partial charge in [-0.05, 0) is 30.4 Å². The van der Waals surface area contributed by atoms with Crippen LogP contribution in [0.15, 0.2) is 46.6 Å². The maximum absolute atomic E-state index is 5.91. The molecule has 3 rings (SSSR count). The normalized spacial score (nSPS) is 10.8. The van der Waals surface area contributed by atoms with Gasteiger partial charge in [0, 0.05) is 29.3 Å². The first-order valence-corrected chi connectivity index (χ1v) is 7.39. The fourth-order valence-corrected chi connectivity index (χ4v) is 2.96. The Morgan fingerprint density at radius 3 is 2.90 bits per heavy atom. The van der Waals surface area contributed by atoms with Gasteiger partial charge in [-0.25, -0.2) is 0 Å². The fourth-order valence-electron chi connectivity index (χ4n) is 2.21. The Bertz CT molecular complexity index is 662. The Hall–Kier alpha value is -2.14. The molecule has 5 heteroatoms. The summed E-state index contributed by atoms with van der Waals surface area (Å²) in [6.45, 7) is 0. The van der Waals surface area contributed by atoms with E-state index in [-0.39, 0.29) is 0 Å². The number of nitrogens with zero attached hydrogens (tertiary/aromatic N) is 2. The lowest BCUT2D eigenvalue weighted by atomic mass is 10.0. The first-order chi connectivity index (χ1) is 9.84. The third kappa shape index (κ3) is 2.72. The van der Waals surface area contributed by atoms with E-state index in [0.29, 0.717) is 5.82 Å². The highest BCUT2D eigenvalue weighted by molar-refractivity contribution is 7.09. The molecule has 0 spiro atoms. The molecule has 0 aliphatic rings. The van der Waals surface area contributed by atoms with Gasteiger partial charge in [-0.1, -0.05) is 17.3 Å². The van der Waals surface area contributed by atoms with Crippen LogP contribution in [0, 0.1) is 0 Å². The third-order valence-electron chi connectivity index (χ3n) is 3.15. The molecule has 2 N–H and O–H groups in total. The summed E-state index contributed by atoms with van der Waals surface area (Å²) in [4.78, 5) is 5.51. The smallest absolute Gasteiger partial charge is 0.175 e. The van der Waals surface area contributed by atoms with E-state index in [0.717, 1.165) is 36.1 Å². The lowest BCUT2D eigenvalue weighted by Crippen LogP contribution is -1.92. The summed E-state index contributed by atoms with van der Waals surface area (Å²) in [5.41, 5.74) is 7.74. The van der Waals surface area contributed by atoms with Gasteiger partial charge in [0.25, 0.3) is 0 Å². The van der Waals surface area contributed by atoms with Crippen molar-refractivity contribution in [3.8, 4) is 11.1 Å². The molecule has 20 heavy (non-hydrogen) atoms. The number of aromatic nitrogens is 2. The van der Waals surface area contributed by atoms with Gasteiger partial charge in [-0.15, -0.1) is 11.3 Å². The molecule has 0 saturated heterocycles. The van der Waals surface area contributed by atoms with Crippen LogP contribution < -0.4 is 5.73 Å². The molecule has 0 fully saturated rings. The van der Waals surface area contributed by atoms with Crippen LogP contribution >= 0.6 is 11.3 Å². The molecule has 0 bridgehead atoms. The fraction of sp³-hybridized carbons (Fsp3) is 0.200. The highest BCUT2D eigenvalue weighted by Crippen LogP contribution is 2.30. The standard InChI is InChI=1S/C15H15N3OS/c16-15-14(11-4-2-8-17-10-11)13(19-18-15)7-1-5-12-6-3-9-20-12/h2-4,6,8-10H,1,5,7H2,(H2,16,18). The summed E-state index contributed by atoms with van der Waals surface area (Å²) in [5, 5.41) is 5.99. The second-order valence-corrected chi connectivity index (χ2v) is 5.57. The van der Waals surface area contributed by atoms with Crippen molar-refractivity contribution < 1.29 is 4.52 Å². The quantitative estimate of drug-likeness (QED) is 0.778. The van der Waals surface area contributed by atoms with Crippen molar-refractivity contribution in [1.29, 1.82) is 0 Å². The SMILES string of the molecule is Nc1noc(CCCc2cccs2)c1-c1cccnc1. The molecule has 0 atom stereocenters. The van der Waals surface area contributed by atoms with Crippen LogP contribution in [0.25, 0.3) is 11.1 Å². The Balaban J connectivity index is 1.74. The van der Waals surface area contributed by atoms with Crippen molar-refractivity contribution >= 4 is 17.2 Å². The zero-order chi connectivity index (χ0) is 13.8. The van der Waals surface area contributed by atoms with Gasteiger partial charge in [0.2, 0.25) is 0 Å². The second-order valence-electron chi connectivity index (χ2n) is 4.54. The van der Waals surface area contributed by atoms with Crippen molar-refractivity contribution in [2.24, 2.45) is 0 Å². The lowest BCUT2D eigenvalue weighted by molar-refractivity contribution is 0.384. The van der Waals surface area contributed by atoms with Crippen molar-refractivity contribution in [2.45, 2.75) is 19.3 Å². The highest BCUT2D eigenvalue weighted by atomic mass is 32.1. The number of aryl methyl sites for hydroxylation is 2. The Labute approximate surface area is 121 Å². The van der Waals surface area contributed by atoms with Gasteiger partial charge < -0.3 is 10.3 Å². The molecule has 3 aromatic rings. The van der Waals surface area contributed by atoms with Crippen LogP contribution in [-0.4, -0.2) is 10.1 Å². The van der Waals surface area contributed by atoms with Gasteiger partial charge in [-0.2, -0.15) is 0 Å². The summed E-state index contributed by atoms with van der Waals surface area (Å²) in [5.74, 6) is 1.27. The molecule has 3 aromatic heterocycles. The predicted molar refractivity (Wildman–Crippen MR) is 80.5 cm³/mol. The number of hydrogen-bond acceptors (Lipinski definition) is 5. The maximum atomic E-state index is 5.91. The third-order valence-corrected chi connectivity index (χ3v) is 4.08. The summed E-state index contributed by atoms with van der Waals surface area (Å²) in [7, 11) is 0. The number of pyridine rings is 1. The zero-order valence-corrected chi connectivity index (χ0v) is 11.8. The molecular formula is C15H15N3OS. The van der Waals surface area contributed by atoms with E-state index < -0.39 is 0 Å². The average Bonchev–Trinajstić information content (AvgIpc) is 3.10.